The quantitative estimate of drug-likeness (QED) is 0.680. The third-order valence-corrected chi connectivity index (χ3v) is 7.62. The van der Waals surface area contributed by atoms with E-state index in [1.54, 1.807) is 18.2 Å². The largest absolute Gasteiger partial charge is 0.491 e. The number of aryl methyl sites for hydroxylation is 1. The maximum Gasteiger partial charge on any atom is 0.260 e. The SMILES string of the molecule is C[C@@H]1COc2ccccc2CCCCC2(CCN(C(=O)COc3ccc4c(c3)OCCO4)CC2)C(=O)N1. The molecule has 8 nitrogen and oxygen atoms in total. The summed E-state index contributed by atoms with van der Waals surface area (Å²) in [6.45, 7) is 4.48. The maximum atomic E-state index is 13.5. The number of carbonyl (C=O) groups is 2. The van der Waals surface area contributed by atoms with Crippen molar-refractivity contribution in [1.82, 2.24) is 10.2 Å². The molecule has 37 heavy (non-hydrogen) atoms. The lowest BCUT2D eigenvalue weighted by atomic mass is 9.73. The fourth-order valence-corrected chi connectivity index (χ4v) is 5.39. The molecular formula is C29H36N2O6. The summed E-state index contributed by atoms with van der Waals surface area (Å²) in [4.78, 5) is 28.2. The lowest BCUT2D eigenvalue weighted by molar-refractivity contribution is -0.142. The first-order chi connectivity index (χ1) is 18.0. The zero-order valence-corrected chi connectivity index (χ0v) is 21.5. The molecule has 0 bridgehead atoms. The van der Waals surface area contributed by atoms with Crippen molar-refractivity contribution in [3.8, 4) is 23.0 Å². The monoisotopic (exact) mass is 508 g/mol. The van der Waals surface area contributed by atoms with Gasteiger partial charge in [-0.3, -0.25) is 9.59 Å². The Hall–Kier alpha value is -3.42. The Kier molecular flexibility index (Phi) is 7.72. The number of hydrogen-bond acceptors (Lipinski definition) is 6. The zero-order valence-electron chi connectivity index (χ0n) is 21.5. The second-order valence-electron chi connectivity index (χ2n) is 10.3. The van der Waals surface area contributed by atoms with Gasteiger partial charge < -0.3 is 29.2 Å². The van der Waals surface area contributed by atoms with Crippen molar-refractivity contribution in [2.45, 2.75) is 51.5 Å². The second kappa shape index (κ2) is 11.3. The minimum atomic E-state index is -0.458. The summed E-state index contributed by atoms with van der Waals surface area (Å²) in [7, 11) is 0. The van der Waals surface area contributed by atoms with E-state index < -0.39 is 5.41 Å². The van der Waals surface area contributed by atoms with Crippen molar-refractivity contribution in [2.75, 3.05) is 39.5 Å². The molecule has 198 valence electrons. The average Bonchev–Trinajstić information content (AvgIpc) is 2.93. The maximum absolute atomic E-state index is 13.5. The number of benzene rings is 2. The summed E-state index contributed by atoms with van der Waals surface area (Å²) in [6.07, 6.45) is 5.01. The molecule has 1 fully saturated rings. The van der Waals surface area contributed by atoms with E-state index in [4.69, 9.17) is 18.9 Å². The van der Waals surface area contributed by atoms with Crippen LogP contribution in [0.25, 0.3) is 0 Å². The summed E-state index contributed by atoms with van der Waals surface area (Å²) in [5.41, 5.74) is 0.759. The van der Waals surface area contributed by atoms with E-state index >= 15 is 0 Å². The van der Waals surface area contributed by atoms with E-state index in [0.29, 0.717) is 63.0 Å². The molecule has 0 saturated carbocycles. The number of hydrogen-bond donors (Lipinski definition) is 1. The minimum Gasteiger partial charge on any atom is -0.491 e. The lowest BCUT2D eigenvalue weighted by Crippen LogP contribution is -2.53. The first-order valence-corrected chi connectivity index (χ1v) is 13.3. The zero-order chi connectivity index (χ0) is 25.7. The highest BCUT2D eigenvalue weighted by molar-refractivity contribution is 5.84. The Morgan fingerprint density at radius 2 is 1.78 bits per heavy atom. The fraction of sp³-hybridized carbons (Fsp3) is 0.517. The highest BCUT2D eigenvalue weighted by atomic mass is 16.6. The predicted octanol–water partition coefficient (Wildman–Crippen LogP) is 3.76. The molecule has 3 heterocycles. The standard InChI is InChI=1S/C29H36N2O6/c1-21-19-37-24-8-3-2-6-22(24)7-4-5-11-29(28(33)30-21)12-14-31(15-13-29)27(32)20-36-23-9-10-25-26(18-23)35-17-16-34-25/h2-3,6,8-10,18,21H,4-5,7,11-17,19-20H2,1H3,(H,30,33)/t21-/m1/s1. The average molecular weight is 509 g/mol. The van der Waals surface area contributed by atoms with E-state index in [-0.39, 0.29) is 24.5 Å². The first kappa shape index (κ1) is 25.2. The molecule has 5 rings (SSSR count). The van der Waals surface area contributed by atoms with Crippen LogP contribution >= 0.6 is 0 Å². The van der Waals surface area contributed by atoms with Gasteiger partial charge in [0.1, 0.15) is 31.3 Å². The van der Waals surface area contributed by atoms with Gasteiger partial charge in [-0.25, -0.2) is 0 Å². The van der Waals surface area contributed by atoms with E-state index in [9.17, 15) is 9.59 Å². The number of para-hydroxylation sites is 1. The molecule has 2 amide bonds. The highest BCUT2D eigenvalue weighted by Gasteiger charge is 2.42. The van der Waals surface area contributed by atoms with Crippen LogP contribution in [0.2, 0.25) is 0 Å². The summed E-state index contributed by atoms with van der Waals surface area (Å²) in [5.74, 6) is 2.81. The Labute approximate surface area is 218 Å². The van der Waals surface area contributed by atoms with Gasteiger partial charge in [0.15, 0.2) is 18.1 Å². The van der Waals surface area contributed by atoms with Crippen molar-refractivity contribution in [3.63, 3.8) is 0 Å². The first-order valence-electron chi connectivity index (χ1n) is 13.3. The smallest absolute Gasteiger partial charge is 0.260 e. The molecule has 1 atom stereocenters. The number of piperidine rings is 1. The number of ether oxygens (including phenoxy) is 4. The van der Waals surface area contributed by atoms with Crippen LogP contribution in [0.1, 0.15) is 44.6 Å². The number of carbonyl (C=O) groups excluding carboxylic acids is 2. The molecule has 1 spiro atoms. The molecule has 0 aliphatic carbocycles. The van der Waals surface area contributed by atoms with E-state index in [2.05, 4.69) is 11.4 Å². The highest BCUT2D eigenvalue weighted by Crippen LogP contribution is 2.38. The number of fused-ring (bicyclic) bond motifs is 2. The predicted molar refractivity (Wildman–Crippen MR) is 138 cm³/mol. The molecule has 0 aromatic heterocycles. The number of nitrogens with one attached hydrogen (secondary N) is 1. The van der Waals surface area contributed by atoms with Gasteiger partial charge >= 0.3 is 0 Å². The Morgan fingerprint density at radius 1 is 1.00 bits per heavy atom. The minimum absolute atomic E-state index is 0.0490. The van der Waals surface area contributed by atoms with E-state index in [1.807, 2.05) is 30.0 Å². The van der Waals surface area contributed by atoms with Crippen LogP contribution in [0, 0.1) is 5.41 Å². The van der Waals surface area contributed by atoms with Crippen LogP contribution in [-0.2, 0) is 16.0 Å². The van der Waals surface area contributed by atoms with Crippen LogP contribution < -0.4 is 24.3 Å². The fourth-order valence-electron chi connectivity index (χ4n) is 5.39. The summed E-state index contributed by atoms with van der Waals surface area (Å²) < 4.78 is 22.9. The van der Waals surface area contributed by atoms with Gasteiger partial charge in [0.05, 0.1) is 11.5 Å². The van der Waals surface area contributed by atoms with Crippen molar-refractivity contribution < 1.29 is 28.5 Å². The van der Waals surface area contributed by atoms with Crippen molar-refractivity contribution in [2.24, 2.45) is 5.41 Å². The van der Waals surface area contributed by atoms with Crippen LogP contribution in [0.3, 0.4) is 0 Å². The van der Waals surface area contributed by atoms with Crippen LogP contribution in [0.5, 0.6) is 23.0 Å². The number of rotatable bonds is 3. The van der Waals surface area contributed by atoms with Crippen LogP contribution in [-0.4, -0.2) is 62.3 Å². The molecule has 2 aromatic rings. The van der Waals surface area contributed by atoms with E-state index in [1.165, 1.54) is 5.56 Å². The molecule has 0 unspecified atom stereocenters. The Morgan fingerprint density at radius 3 is 2.62 bits per heavy atom. The van der Waals surface area contributed by atoms with Crippen LogP contribution in [0.4, 0.5) is 0 Å². The molecule has 8 heteroatoms. The molecule has 1 N–H and O–H groups in total. The van der Waals surface area contributed by atoms with Gasteiger partial charge in [0.25, 0.3) is 5.91 Å². The van der Waals surface area contributed by atoms with Crippen molar-refractivity contribution in [3.05, 3.63) is 48.0 Å². The third-order valence-electron chi connectivity index (χ3n) is 7.62. The number of likely N-dealkylation sites (tertiary alicyclic amines) is 1. The molecule has 0 radical (unpaired) electrons. The van der Waals surface area contributed by atoms with Crippen molar-refractivity contribution in [1.29, 1.82) is 0 Å². The van der Waals surface area contributed by atoms with Crippen molar-refractivity contribution >= 4 is 11.8 Å². The molecule has 2 aromatic carbocycles. The molecular weight excluding hydrogens is 472 g/mol. The van der Waals surface area contributed by atoms with Gasteiger partial charge in [-0.1, -0.05) is 24.6 Å². The second-order valence-corrected chi connectivity index (χ2v) is 10.3. The summed E-state index contributed by atoms with van der Waals surface area (Å²) in [6, 6.07) is 13.4. The van der Waals surface area contributed by atoms with E-state index in [0.717, 1.165) is 31.4 Å². The summed E-state index contributed by atoms with van der Waals surface area (Å²) >= 11 is 0. The van der Waals surface area contributed by atoms with Gasteiger partial charge in [0.2, 0.25) is 5.91 Å². The van der Waals surface area contributed by atoms with Gasteiger partial charge in [0, 0.05) is 19.2 Å². The topological polar surface area (TPSA) is 86.3 Å². The van der Waals surface area contributed by atoms with Gasteiger partial charge in [-0.2, -0.15) is 0 Å². The van der Waals surface area contributed by atoms with Crippen LogP contribution in [0.15, 0.2) is 42.5 Å². The number of amides is 2. The number of nitrogens with zero attached hydrogens (tertiary/aromatic N) is 1. The molecule has 3 aliphatic rings. The Bertz CT molecular complexity index is 1110. The molecule has 1 saturated heterocycles. The third kappa shape index (κ3) is 5.95. The molecule has 3 aliphatic heterocycles. The van der Waals surface area contributed by atoms with Gasteiger partial charge in [-0.05, 0) is 62.8 Å². The summed E-state index contributed by atoms with van der Waals surface area (Å²) in [5, 5.41) is 3.19. The Balaban J connectivity index is 1.17. The van der Waals surface area contributed by atoms with Gasteiger partial charge in [-0.15, -0.1) is 0 Å². The normalized spacial score (nSPS) is 21.5. The lowest BCUT2D eigenvalue weighted by Gasteiger charge is -2.41.